The smallest absolute Gasteiger partial charge is 0.358 e. The summed E-state index contributed by atoms with van der Waals surface area (Å²) in [5.41, 5.74) is 0.382. The molecule has 1 amide bonds. The zero-order chi connectivity index (χ0) is 13.0. The lowest BCUT2D eigenvalue weighted by molar-refractivity contribution is -0.389. The van der Waals surface area contributed by atoms with E-state index in [4.69, 9.17) is 11.6 Å². The van der Waals surface area contributed by atoms with Crippen molar-refractivity contribution in [1.82, 2.24) is 15.1 Å². The van der Waals surface area contributed by atoms with Crippen molar-refractivity contribution in [3.63, 3.8) is 0 Å². The Labute approximate surface area is 102 Å². The van der Waals surface area contributed by atoms with Crippen LogP contribution in [0.25, 0.3) is 0 Å². The van der Waals surface area contributed by atoms with Gasteiger partial charge >= 0.3 is 5.82 Å². The van der Waals surface area contributed by atoms with Crippen LogP contribution in [0.3, 0.4) is 0 Å². The number of nitro groups is 1. The predicted molar refractivity (Wildman–Crippen MR) is 61.8 cm³/mol. The topological polar surface area (TPSA) is 90.1 Å². The molecular weight excluding hydrogens is 248 g/mol. The van der Waals surface area contributed by atoms with E-state index in [-0.39, 0.29) is 17.5 Å². The number of aromatic nitrogens is 2. The summed E-state index contributed by atoms with van der Waals surface area (Å²) in [6.45, 7) is 5.22. The summed E-state index contributed by atoms with van der Waals surface area (Å²) in [5.74, 6) is -0.761. The standard InChI is InChI=1S/C9H11ClN4O3/c1-3-4-11-7(15)5-13-6(2)8(10)9(12-13)14(16)17/h3H,1,4-5H2,2H3,(H,11,15). The maximum absolute atomic E-state index is 11.4. The van der Waals surface area contributed by atoms with E-state index in [0.29, 0.717) is 12.2 Å². The Balaban J connectivity index is 2.85. The van der Waals surface area contributed by atoms with Gasteiger partial charge in [-0.2, -0.15) is 4.68 Å². The minimum Gasteiger partial charge on any atom is -0.358 e. The molecule has 0 aliphatic heterocycles. The first-order valence-corrected chi connectivity index (χ1v) is 5.10. The summed E-state index contributed by atoms with van der Waals surface area (Å²) in [6.07, 6.45) is 1.53. The van der Waals surface area contributed by atoms with Crippen molar-refractivity contribution in [2.75, 3.05) is 6.54 Å². The molecule has 0 bridgehead atoms. The molecular formula is C9H11ClN4O3. The van der Waals surface area contributed by atoms with Gasteiger partial charge in [-0.05, 0) is 11.8 Å². The molecule has 8 heteroatoms. The van der Waals surface area contributed by atoms with Crippen molar-refractivity contribution in [3.05, 3.63) is 33.5 Å². The molecule has 0 aliphatic carbocycles. The number of amides is 1. The average Bonchev–Trinajstić information content (AvgIpc) is 2.55. The quantitative estimate of drug-likeness (QED) is 0.486. The molecule has 0 saturated carbocycles. The van der Waals surface area contributed by atoms with Crippen LogP contribution in [0.2, 0.25) is 5.02 Å². The van der Waals surface area contributed by atoms with Crippen LogP contribution in [0.4, 0.5) is 5.82 Å². The Morgan fingerprint density at radius 1 is 1.76 bits per heavy atom. The summed E-state index contributed by atoms with van der Waals surface area (Å²) >= 11 is 5.72. The molecule has 1 N–H and O–H groups in total. The largest absolute Gasteiger partial charge is 0.408 e. The van der Waals surface area contributed by atoms with E-state index in [1.165, 1.54) is 10.8 Å². The third-order valence-corrected chi connectivity index (χ3v) is 2.47. The summed E-state index contributed by atoms with van der Waals surface area (Å²) in [6, 6.07) is 0. The van der Waals surface area contributed by atoms with Gasteiger partial charge in [0.25, 0.3) is 0 Å². The van der Waals surface area contributed by atoms with Gasteiger partial charge in [0.05, 0.1) is 10.8 Å². The number of carbonyl (C=O) groups excluding carboxylic acids is 1. The van der Waals surface area contributed by atoms with Crippen LogP contribution in [0.1, 0.15) is 5.69 Å². The van der Waals surface area contributed by atoms with Crippen molar-refractivity contribution in [3.8, 4) is 0 Å². The Bertz CT molecular complexity index is 469. The van der Waals surface area contributed by atoms with Crippen molar-refractivity contribution >= 4 is 23.3 Å². The number of hydrogen-bond acceptors (Lipinski definition) is 4. The highest BCUT2D eigenvalue weighted by molar-refractivity contribution is 6.33. The lowest BCUT2D eigenvalue weighted by Crippen LogP contribution is -2.28. The predicted octanol–water partition coefficient (Wildman–Crippen LogP) is 1.06. The van der Waals surface area contributed by atoms with Gasteiger partial charge < -0.3 is 15.4 Å². The number of carbonyl (C=O) groups is 1. The third-order valence-electron chi connectivity index (χ3n) is 2.03. The number of nitrogens with one attached hydrogen (secondary N) is 1. The first-order chi connectivity index (χ1) is 7.97. The molecule has 1 rings (SSSR count). The van der Waals surface area contributed by atoms with E-state index in [1.54, 1.807) is 6.92 Å². The summed E-state index contributed by atoms with van der Waals surface area (Å²) < 4.78 is 1.19. The Morgan fingerprint density at radius 3 is 2.88 bits per heavy atom. The molecule has 1 aromatic heterocycles. The molecule has 0 saturated heterocycles. The maximum atomic E-state index is 11.4. The minimum atomic E-state index is -0.687. The molecule has 0 fully saturated rings. The average molecular weight is 259 g/mol. The van der Waals surface area contributed by atoms with Gasteiger partial charge in [0.15, 0.2) is 5.02 Å². The Morgan fingerprint density at radius 2 is 2.41 bits per heavy atom. The summed E-state index contributed by atoms with van der Waals surface area (Å²) in [7, 11) is 0. The zero-order valence-corrected chi connectivity index (χ0v) is 9.90. The lowest BCUT2D eigenvalue weighted by Gasteiger charge is -2.00. The van der Waals surface area contributed by atoms with Gasteiger partial charge in [0.1, 0.15) is 6.54 Å². The zero-order valence-electron chi connectivity index (χ0n) is 9.14. The van der Waals surface area contributed by atoms with E-state index in [2.05, 4.69) is 17.0 Å². The second kappa shape index (κ2) is 5.44. The van der Waals surface area contributed by atoms with E-state index in [0.717, 1.165) is 0 Å². The molecule has 17 heavy (non-hydrogen) atoms. The summed E-state index contributed by atoms with van der Waals surface area (Å²) in [4.78, 5) is 21.3. The van der Waals surface area contributed by atoms with E-state index < -0.39 is 10.7 Å². The number of rotatable bonds is 5. The second-order valence-corrected chi connectivity index (χ2v) is 3.61. The van der Waals surface area contributed by atoms with Crippen LogP contribution in [-0.2, 0) is 11.3 Å². The van der Waals surface area contributed by atoms with E-state index >= 15 is 0 Å². The molecule has 1 aromatic rings. The highest BCUT2D eigenvalue weighted by atomic mass is 35.5. The molecule has 0 unspecified atom stereocenters. The molecule has 0 atom stereocenters. The van der Waals surface area contributed by atoms with Crippen molar-refractivity contribution < 1.29 is 9.72 Å². The SMILES string of the molecule is C=CCNC(=O)Cn1nc([N+](=O)[O-])c(Cl)c1C. The molecule has 92 valence electrons. The van der Waals surface area contributed by atoms with Gasteiger partial charge in [-0.1, -0.05) is 17.7 Å². The highest BCUT2D eigenvalue weighted by Crippen LogP contribution is 2.26. The first kappa shape index (κ1) is 13.2. The normalized spacial score (nSPS) is 10.0. The third kappa shape index (κ3) is 3.04. The molecule has 7 nitrogen and oxygen atoms in total. The lowest BCUT2D eigenvalue weighted by atomic mass is 10.4. The Kier molecular flexibility index (Phi) is 4.22. The van der Waals surface area contributed by atoms with Gasteiger partial charge in [0, 0.05) is 6.54 Å². The molecule has 0 aromatic carbocycles. The monoisotopic (exact) mass is 258 g/mol. The molecule has 0 spiro atoms. The summed E-state index contributed by atoms with van der Waals surface area (Å²) in [5, 5.41) is 16.7. The second-order valence-electron chi connectivity index (χ2n) is 3.23. The van der Waals surface area contributed by atoms with Crippen LogP contribution >= 0.6 is 11.6 Å². The molecule has 1 heterocycles. The minimum absolute atomic E-state index is 0.0495. The highest BCUT2D eigenvalue weighted by Gasteiger charge is 2.24. The number of nitrogens with zero attached hydrogens (tertiary/aromatic N) is 3. The van der Waals surface area contributed by atoms with Gasteiger partial charge in [-0.3, -0.25) is 4.79 Å². The number of halogens is 1. The van der Waals surface area contributed by atoms with E-state index in [9.17, 15) is 14.9 Å². The van der Waals surface area contributed by atoms with Gasteiger partial charge in [0.2, 0.25) is 5.91 Å². The fraction of sp³-hybridized carbons (Fsp3) is 0.333. The van der Waals surface area contributed by atoms with Crippen LogP contribution < -0.4 is 5.32 Å². The van der Waals surface area contributed by atoms with Crippen molar-refractivity contribution in [2.24, 2.45) is 0 Å². The van der Waals surface area contributed by atoms with E-state index in [1.807, 2.05) is 0 Å². The van der Waals surface area contributed by atoms with Crippen LogP contribution in [0.5, 0.6) is 0 Å². The first-order valence-electron chi connectivity index (χ1n) is 4.72. The number of hydrogen-bond donors (Lipinski definition) is 1. The maximum Gasteiger partial charge on any atom is 0.408 e. The van der Waals surface area contributed by atoms with Crippen LogP contribution in [-0.4, -0.2) is 27.2 Å². The van der Waals surface area contributed by atoms with Crippen LogP contribution in [0.15, 0.2) is 12.7 Å². The van der Waals surface area contributed by atoms with Crippen LogP contribution in [0, 0.1) is 17.0 Å². The Hall–Kier alpha value is -1.89. The van der Waals surface area contributed by atoms with Gasteiger partial charge in [-0.15, -0.1) is 6.58 Å². The van der Waals surface area contributed by atoms with Crippen molar-refractivity contribution in [1.29, 1.82) is 0 Å². The molecule has 0 aliphatic rings. The fourth-order valence-corrected chi connectivity index (χ4v) is 1.36. The van der Waals surface area contributed by atoms with Gasteiger partial charge in [-0.25, -0.2) is 0 Å². The molecule has 0 radical (unpaired) electrons. The fourth-order valence-electron chi connectivity index (χ4n) is 1.16. The van der Waals surface area contributed by atoms with Crippen molar-refractivity contribution in [2.45, 2.75) is 13.5 Å².